The van der Waals surface area contributed by atoms with Crippen LogP contribution in [0.4, 0.5) is 4.79 Å². The molecule has 2 aliphatic heterocycles. The SMILES string of the molecule is N.O=C1N=CC2=NC=NC2=N1. The van der Waals surface area contributed by atoms with Crippen LogP contribution in [0.1, 0.15) is 0 Å². The summed E-state index contributed by atoms with van der Waals surface area (Å²) >= 11 is 0. The zero-order valence-electron chi connectivity index (χ0n) is 5.56. The van der Waals surface area contributed by atoms with E-state index in [1.165, 1.54) is 12.6 Å². The normalized spacial score (nSPS) is 18.7. The third-order valence-electron chi connectivity index (χ3n) is 1.10. The molecule has 0 fully saturated rings. The topological polar surface area (TPSA) is 102 Å². The molecule has 6 nitrogen and oxygen atoms in total. The van der Waals surface area contributed by atoms with E-state index in [1.54, 1.807) is 0 Å². The molecule has 0 saturated carbocycles. The van der Waals surface area contributed by atoms with Crippen LogP contribution in [-0.4, -0.2) is 30.1 Å². The second-order valence-electron chi connectivity index (χ2n) is 1.74. The highest BCUT2D eigenvalue weighted by atomic mass is 16.2. The fourth-order valence-electron chi connectivity index (χ4n) is 0.683. The van der Waals surface area contributed by atoms with Gasteiger partial charge in [0.2, 0.25) is 0 Å². The molecule has 3 N–H and O–H groups in total. The summed E-state index contributed by atoms with van der Waals surface area (Å²) < 4.78 is 0. The number of rotatable bonds is 0. The fraction of sp³-hybridized carbons (Fsp3) is 0. The quantitative estimate of drug-likeness (QED) is 0.535. The maximum absolute atomic E-state index is 10.5. The van der Waals surface area contributed by atoms with Gasteiger partial charge in [-0.05, 0) is 0 Å². The molecule has 0 aromatic rings. The fourth-order valence-corrected chi connectivity index (χ4v) is 0.683. The Labute approximate surface area is 62.1 Å². The van der Waals surface area contributed by atoms with Crippen LogP contribution in [0.15, 0.2) is 20.0 Å². The van der Waals surface area contributed by atoms with Crippen molar-refractivity contribution in [1.82, 2.24) is 6.15 Å². The smallest absolute Gasteiger partial charge is 0.344 e. The number of carbonyl (C=O) groups excluding carboxylic acids is 1. The molecule has 0 spiro atoms. The standard InChI is InChI=1S/C5H2N4O.H3N/c10-5-6-1-3-4(9-5)8-2-7-3;/h1-2H;1H3. The molecule has 2 rings (SSSR count). The molecule has 2 amide bonds. The minimum Gasteiger partial charge on any atom is -0.344 e. The van der Waals surface area contributed by atoms with Crippen LogP contribution in [0.5, 0.6) is 0 Å². The minimum atomic E-state index is -0.520. The Kier molecular flexibility index (Phi) is 1.69. The Bertz CT molecular complexity index is 311. The molecule has 0 aromatic heterocycles. The molecule has 0 aromatic carbocycles. The van der Waals surface area contributed by atoms with Crippen molar-refractivity contribution in [3.8, 4) is 0 Å². The summed E-state index contributed by atoms with van der Waals surface area (Å²) in [7, 11) is 0. The largest absolute Gasteiger partial charge is 0.369 e. The molecule has 6 heteroatoms. The zero-order valence-corrected chi connectivity index (χ0v) is 5.56. The molecular weight excluding hydrogens is 146 g/mol. The van der Waals surface area contributed by atoms with Gasteiger partial charge >= 0.3 is 6.03 Å². The summed E-state index contributed by atoms with van der Waals surface area (Å²) in [5.41, 5.74) is 0.555. The van der Waals surface area contributed by atoms with Crippen LogP contribution in [0.2, 0.25) is 0 Å². The van der Waals surface area contributed by atoms with Crippen LogP contribution in [0, 0.1) is 0 Å². The molecule has 56 valence electrons. The van der Waals surface area contributed by atoms with Crippen molar-refractivity contribution in [3.05, 3.63) is 0 Å². The lowest BCUT2D eigenvalue weighted by atomic mass is 10.3. The summed E-state index contributed by atoms with van der Waals surface area (Å²) in [5.74, 6) is 0.361. The molecule has 0 saturated heterocycles. The van der Waals surface area contributed by atoms with Gasteiger partial charge in [-0.2, -0.15) is 9.98 Å². The lowest BCUT2D eigenvalue weighted by Crippen LogP contribution is -2.16. The zero-order chi connectivity index (χ0) is 6.97. The Balaban J connectivity index is 0.000000605. The Morgan fingerprint density at radius 2 is 2.09 bits per heavy atom. The predicted molar refractivity (Wildman–Crippen MR) is 42.3 cm³/mol. The number of urea groups is 1. The number of amides is 2. The molecular formula is C5H5N5O. The van der Waals surface area contributed by atoms with Gasteiger partial charge in [0.1, 0.15) is 12.1 Å². The van der Waals surface area contributed by atoms with Crippen LogP contribution < -0.4 is 6.15 Å². The number of amidine groups is 1. The first kappa shape index (κ1) is 7.42. The second kappa shape index (κ2) is 2.51. The maximum atomic E-state index is 10.5. The first-order valence-electron chi connectivity index (χ1n) is 2.64. The van der Waals surface area contributed by atoms with Crippen LogP contribution in [-0.2, 0) is 0 Å². The van der Waals surface area contributed by atoms with Gasteiger partial charge in [0.25, 0.3) is 0 Å². The number of hydrogen-bond donors (Lipinski definition) is 1. The maximum Gasteiger partial charge on any atom is 0.369 e. The molecule has 2 heterocycles. The van der Waals surface area contributed by atoms with E-state index in [0.717, 1.165) is 0 Å². The lowest BCUT2D eigenvalue weighted by molar-refractivity contribution is 0.257. The van der Waals surface area contributed by atoms with Crippen molar-refractivity contribution in [2.24, 2.45) is 20.0 Å². The lowest BCUT2D eigenvalue weighted by Gasteiger charge is -1.95. The van der Waals surface area contributed by atoms with Crippen molar-refractivity contribution in [1.29, 1.82) is 0 Å². The average Bonchev–Trinajstić information content (AvgIpc) is 2.33. The van der Waals surface area contributed by atoms with Gasteiger partial charge in [-0.1, -0.05) is 0 Å². The third kappa shape index (κ3) is 1.10. The molecule has 0 bridgehead atoms. The van der Waals surface area contributed by atoms with Gasteiger partial charge < -0.3 is 6.15 Å². The van der Waals surface area contributed by atoms with Crippen molar-refractivity contribution < 1.29 is 4.79 Å². The number of carbonyl (C=O) groups is 1. The number of aliphatic imine (C=N–C) groups is 4. The van der Waals surface area contributed by atoms with Crippen molar-refractivity contribution in [2.75, 3.05) is 0 Å². The van der Waals surface area contributed by atoms with E-state index in [9.17, 15) is 4.79 Å². The van der Waals surface area contributed by atoms with E-state index < -0.39 is 6.03 Å². The summed E-state index contributed by atoms with van der Waals surface area (Å²) in [5, 5.41) is 0. The molecule has 0 radical (unpaired) electrons. The van der Waals surface area contributed by atoms with Crippen molar-refractivity contribution in [3.63, 3.8) is 0 Å². The van der Waals surface area contributed by atoms with Gasteiger partial charge in [-0.25, -0.2) is 14.8 Å². The number of fused-ring (bicyclic) bond motifs is 1. The van der Waals surface area contributed by atoms with Gasteiger partial charge in [0, 0.05) is 0 Å². The minimum absolute atomic E-state index is 0. The van der Waals surface area contributed by atoms with E-state index in [2.05, 4.69) is 20.0 Å². The first-order chi connectivity index (χ1) is 4.86. The van der Waals surface area contributed by atoms with E-state index in [-0.39, 0.29) is 6.15 Å². The molecule has 0 aliphatic carbocycles. The highest BCUT2D eigenvalue weighted by Crippen LogP contribution is 1.99. The summed E-state index contributed by atoms with van der Waals surface area (Å²) in [6, 6.07) is -0.520. The highest BCUT2D eigenvalue weighted by molar-refractivity contribution is 6.67. The highest BCUT2D eigenvalue weighted by Gasteiger charge is 2.15. The van der Waals surface area contributed by atoms with E-state index in [4.69, 9.17) is 0 Å². The van der Waals surface area contributed by atoms with Gasteiger partial charge in [-0.3, -0.25) is 0 Å². The predicted octanol–water partition coefficient (Wildman–Crippen LogP) is 0.234. The molecule has 0 unspecified atom stereocenters. The summed E-state index contributed by atoms with van der Waals surface area (Å²) in [4.78, 5) is 24.9. The monoisotopic (exact) mass is 151 g/mol. The van der Waals surface area contributed by atoms with Gasteiger partial charge in [0.05, 0.1) is 6.21 Å². The van der Waals surface area contributed by atoms with E-state index in [1.807, 2.05) is 0 Å². The average molecular weight is 151 g/mol. The third-order valence-corrected chi connectivity index (χ3v) is 1.10. The Morgan fingerprint density at radius 1 is 1.27 bits per heavy atom. The van der Waals surface area contributed by atoms with Crippen molar-refractivity contribution >= 4 is 30.1 Å². The number of hydrogen-bond acceptors (Lipinski definition) is 4. The van der Waals surface area contributed by atoms with Crippen LogP contribution >= 0.6 is 0 Å². The van der Waals surface area contributed by atoms with Crippen LogP contribution in [0.3, 0.4) is 0 Å². The molecule has 0 atom stereocenters. The van der Waals surface area contributed by atoms with Gasteiger partial charge in [0.15, 0.2) is 5.84 Å². The van der Waals surface area contributed by atoms with Gasteiger partial charge in [-0.15, -0.1) is 0 Å². The van der Waals surface area contributed by atoms with E-state index >= 15 is 0 Å². The Hall–Kier alpha value is -1.69. The molecule has 11 heavy (non-hydrogen) atoms. The second-order valence-corrected chi connectivity index (χ2v) is 1.74. The summed E-state index contributed by atoms with van der Waals surface area (Å²) in [6.07, 6.45) is 2.70. The first-order valence-corrected chi connectivity index (χ1v) is 2.64. The van der Waals surface area contributed by atoms with E-state index in [0.29, 0.717) is 11.5 Å². The number of nitrogens with zero attached hydrogens (tertiary/aromatic N) is 4. The van der Waals surface area contributed by atoms with Crippen molar-refractivity contribution in [2.45, 2.75) is 0 Å². The molecule has 2 aliphatic rings. The Morgan fingerprint density at radius 3 is 2.91 bits per heavy atom. The van der Waals surface area contributed by atoms with Crippen LogP contribution in [0.25, 0.3) is 0 Å². The summed E-state index contributed by atoms with van der Waals surface area (Å²) in [6.45, 7) is 0.